The van der Waals surface area contributed by atoms with Crippen molar-refractivity contribution in [2.45, 2.75) is 25.0 Å². The number of pyridine rings is 1. The van der Waals surface area contributed by atoms with Gasteiger partial charge in [-0.15, -0.1) is 11.3 Å². The van der Waals surface area contributed by atoms with E-state index in [2.05, 4.69) is 27.8 Å². The van der Waals surface area contributed by atoms with E-state index in [1.165, 1.54) is 0 Å². The van der Waals surface area contributed by atoms with E-state index in [1.807, 2.05) is 41.8 Å². The maximum atomic E-state index is 12.9. The van der Waals surface area contributed by atoms with Crippen LogP contribution in [0.25, 0.3) is 10.4 Å². The Hall–Kier alpha value is -3.16. The number of thiophene rings is 1. The summed E-state index contributed by atoms with van der Waals surface area (Å²) in [4.78, 5) is 20.7. The van der Waals surface area contributed by atoms with Crippen LogP contribution in [0.3, 0.4) is 0 Å². The molecule has 7 heteroatoms. The highest BCUT2D eigenvalue weighted by atomic mass is 32.1. The average molecular weight is 447 g/mol. The molecule has 0 radical (unpaired) electrons. The summed E-state index contributed by atoms with van der Waals surface area (Å²) in [6.07, 6.45) is 2.89. The van der Waals surface area contributed by atoms with Gasteiger partial charge in [0, 0.05) is 41.7 Å². The number of rotatable bonds is 6. The lowest BCUT2D eigenvalue weighted by Crippen LogP contribution is -2.36. The molecular formula is C25H26N4O2S. The van der Waals surface area contributed by atoms with E-state index in [4.69, 9.17) is 10.5 Å². The summed E-state index contributed by atoms with van der Waals surface area (Å²) >= 11 is 1.67. The van der Waals surface area contributed by atoms with E-state index in [-0.39, 0.29) is 17.8 Å². The molecule has 1 spiro atoms. The van der Waals surface area contributed by atoms with Crippen LogP contribution in [0.15, 0.2) is 66.5 Å². The highest BCUT2D eigenvalue weighted by molar-refractivity contribution is 7.13. The molecule has 0 aliphatic carbocycles. The highest BCUT2D eigenvalue weighted by Gasteiger charge is 2.44. The Labute approximate surface area is 191 Å². The number of hydrogen-bond acceptors (Lipinski definition) is 7. The van der Waals surface area contributed by atoms with Crippen LogP contribution in [0.4, 0.5) is 5.69 Å². The molecule has 0 bridgehead atoms. The number of nitrogens with two attached hydrogens (primary N) is 1. The monoisotopic (exact) mass is 446 g/mol. The van der Waals surface area contributed by atoms with Gasteiger partial charge in [-0.05, 0) is 60.0 Å². The fourth-order valence-electron chi connectivity index (χ4n) is 4.38. The maximum absolute atomic E-state index is 12.9. The van der Waals surface area contributed by atoms with Crippen LogP contribution in [0.2, 0.25) is 0 Å². The standard InChI is InChI=1S/C25H26N4O2S/c1-17-29(16-25(31-17)8-9-27-15-25)14-21-6-4-19(13-28-21)23(30)12-20-11-18(5-7-22(20)26)24-3-2-10-32-24/h2-7,10-11,13,27H,1,8-9,12,14-16,26H2. The first-order valence-corrected chi connectivity index (χ1v) is 11.6. The lowest BCUT2D eigenvalue weighted by molar-refractivity contribution is 0.0687. The van der Waals surface area contributed by atoms with E-state index in [0.29, 0.717) is 23.7 Å². The number of ketones is 1. The highest BCUT2D eigenvalue weighted by Crippen LogP contribution is 2.33. The van der Waals surface area contributed by atoms with Crippen LogP contribution in [0, 0.1) is 0 Å². The van der Waals surface area contributed by atoms with Gasteiger partial charge in [-0.25, -0.2) is 0 Å². The first-order chi connectivity index (χ1) is 15.5. The summed E-state index contributed by atoms with van der Waals surface area (Å²) in [5.74, 6) is 0.695. The van der Waals surface area contributed by atoms with Gasteiger partial charge in [0.1, 0.15) is 5.60 Å². The van der Waals surface area contributed by atoms with Gasteiger partial charge >= 0.3 is 0 Å². The molecule has 32 heavy (non-hydrogen) atoms. The third kappa shape index (κ3) is 4.13. The second-order valence-electron chi connectivity index (χ2n) is 8.49. The number of Topliss-reactive ketones (excluding diaryl/α,β-unsaturated/α-hetero) is 1. The fraction of sp³-hybridized carbons (Fsp3) is 0.280. The van der Waals surface area contributed by atoms with Gasteiger partial charge in [0.15, 0.2) is 11.7 Å². The van der Waals surface area contributed by atoms with Crippen molar-refractivity contribution < 1.29 is 9.53 Å². The molecule has 4 heterocycles. The molecule has 3 aromatic rings. The number of anilines is 1. The largest absolute Gasteiger partial charge is 0.470 e. The summed E-state index contributed by atoms with van der Waals surface area (Å²) in [6.45, 7) is 7.30. The molecule has 2 fully saturated rings. The molecule has 2 aliphatic heterocycles. The molecule has 1 atom stereocenters. The molecule has 1 unspecified atom stereocenters. The van der Waals surface area contributed by atoms with Gasteiger partial charge in [0.05, 0.1) is 18.8 Å². The lowest BCUT2D eigenvalue weighted by atomic mass is 10.00. The van der Waals surface area contributed by atoms with Gasteiger partial charge < -0.3 is 20.7 Å². The van der Waals surface area contributed by atoms with Crippen molar-refractivity contribution in [1.82, 2.24) is 15.2 Å². The van der Waals surface area contributed by atoms with Gasteiger partial charge in [0.2, 0.25) is 0 Å². The number of nitrogen functional groups attached to an aromatic ring is 1. The molecule has 1 aromatic carbocycles. The Balaban J connectivity index is 1.25. The number of hydrogen-bond donors (Lipinski definition) is 2. The first-order valence-electron chi connectivity index (χ1n) is 10.8. The Bertz CT molecular complexity index is 1140. The van der Waals surface area contributed by atoms with E-state index in [0.717, 1.165) is 47.8 Å². The second kappa shape index (κ2) is 8.41. The number of carbonyl (C=O) groups is 1. The minimum Gasteiger partial charge on any atom is -0.470 e. The molecule has 0 amide bonds. The summed E-state index contributed by atoms with van der Waals surface area (Å²) in [6, 6.07) is 13.7. The molecule has 6 nitrogen and oxygen atoms in total. The molecule has 2 aromatic heterocycles. The number of ether oxygens (including phenoxy) is 1. The van der Waals surface area contributed by atoms with Crippen molar-refractivity contribution in [3.63, 3.8) is 0 Å². The third-order valence-electron chi connectivity index (χ3n) is 6.17. The van der Waals surface area contributed by atoms with E-state index < -0.39 is 0 Å². The van der Waals surface area contributed by atoms with Crippen LogP contribution < -0.4 is 11.1 Å². The zero-order valence-corrected chi connectivity index (χ0v) is 18.7. The second-order valence-corrected chi connectivity index (χ2v) is 9.44. The topological polar surface area (TPSA) is 80.5 Å². The predicted molar refractivity (Wildman–Crippen MR) is 127 cm³/mol. The van der Waals surface area contributed by atoms with E-state index in [9.17, 15) is 4.79 Å². The van der Waals surface area contributed by atoms with Crippen LogP contribution in [-0.4, -0.2) is 40.9 Å². The SMILES string of the molecule is C=C1OC2(CCNC2)CN1Cc1ccc(C(=O)Cc2cc(-c3cccs3)ccc2N)cn1. The Morgan fingerprint density at radius 2 is 2.22 bits per heavy atom. The molecule has 0 saturated carbocycles. The van der Waals surface area contributed by atoms with Gasteiger partial charge in [-0.1, -0.05) is 12.1 Å². The zero-order chi connectivity index (χ0) is 22.1. The molecular weight excluding hydrogens is 420 g/mol. The van der Waals surface area contributed by atoms with Crippen LogP contribution in [-0.2, 0) is 17.7 Å². The molecule has 3 N–H and O–H groups in total. The molecule has 164 valence electrons. The third-order valence-corrected chi connectivity index (χ3v) is 7.09. The summed E-state index contributed by atoms with van der Waals surface area (Å²) in [7, 11) is 0. The fourth-order valence-corrected chi connectivity index (χ4v) is 5.10. The summed E-state index contributed by atoms with van der Waals surface area (Å²) in [5, 5.41) is 5.40. The Morgan fingerprint density at radius 1 is 1.31 bits per heavy atom. The average Bonchev–Trinajstić information content (AvgIpc) is 3.53. The van der Waals surface area contributed by atoms with Crippen LogP contribution in [0.1, 0.15) is 28.0 Å². The molecule has 2 saturated heterocycles. The van der Waals surface area contributed by atoms with Crippen molar-refractivity contribution in [1.29, 1.82) is 0 Å². The lowest BCUT2D eigenvalue weighted by Gasteiger charge is -2.20. The first kappa shape index (κ1) is 20.7. The van der Waals surface area contributed by atoms with Crippen molar-refractivity contribution in [3.8, 4) is 10.4 Å². The number of carbonyl (C=O) groups excluding carboxylic acids is 1. The number of nitrogens with zero attached hydrogens (tertiary/aromatic N) is 2. The van der Waals surface area contributed by atoms with Crippen molar-refractivity contribution >= 4 is 22.8 Å². The Morgan fingerprint density at radius 3 is 2.94 bits per heavy atom. The van der Waals surface area contributed by atoms with Gasteiger partial charge in [-0.3, -0.25) is 9.78 Å². The van der Waals surface area contributed by atoms with Crippen molar-refractivity contribution in [2.24, 2.45) is 0 Å². The van der Waals surface area contributed by atoms with E-state index in [1.54, 1.807) is 17.5 Å². The van der Waals surface area contributed by atoms with E-state index >= 15 is 0 Å². The van der Waals surface area contributed by atoms with Gasteiger partial charge in [0.25, 0.3) is 0 Å². The van der Waals surface area contributed by atoms with Crippen LogP contribution in [0.5, 0.6) is 0 Å². The predicted octanol–water partition coefficient (Wildman–Crippen LogP) is 3.85. The van der Waals surface area contributed by atoms with Gasteiger partial charge in [-0.2, -0.15) is 0 Å². The zero-order valence-electron chi connectivity index (χ0n) is 17.8. The summed E-state index contributed by atoms with van der Waals surface area (Å²) < 4.78 is 6.05. The number of benzene rings is 1. The minimum absolute atomic E-state index is 0.00368. The summed E-state index contributed by atoms with van der Waals surface area (Å²) in [5.41, 5.74) is 10.0. The minimum atomic E-state index is -0.162. The Kier molecular flexibility index (Phi) is 5.45. The number of aromatic nitrogens is 1. The smallest absolute Gasteiger partial charge is 0.183 e. The maximum Gasteiger partial charge on any atom is 0.183 e. The normalized spacial score (nSPS) is 20.1. The van der Waals surface area contributed by atoms with Crippen LogP contribution >= 0.6 is 11.3 Å². The van der Waals surface area contributed by atoms with Crippen molar-refractivity contribution in [3.05, 3.63) is 83.3 Å². The van der Waals surface area contributed by atoms with Crippen molar-refractivity contribution in [2.75, 3.05) is 25.4 Å². The number of nitrogens with one attached hydrogen (secondary N) is 1. The molecule has 5 rings (SSSR count). The molecule has 2 aliphatic rings. The quantitative estimate of drug-likeness (QED) is 0.442.